The van der Waals surface area contributed by atoms with Crippen LogP contribution in [0.15, 0.2) is 48.9 Å². The van der Waals surface area contributed by atoms with Gasteiger partial charge in [0, 0.05) is 31.2 Å². The molecule has 0 atom stereocenters. The minimum absolute atomic E-state index is 0.138. The van der Waals surface area contributed by atoms with Gasteiger partial charge >= 0.3 is 0 Å². The molecule has 4 rings (SSSR count). The summed E-state index contributed by atoms with van der Waals surface area (Å²) in [5.74, 6) is 0.632. The predicted octanol–water partition coefficient (Wildman–Crippen LogP) is 3.66. The average Bonchev–Trinajstić information content (AvgIpc) is 3.31. The quantitative estimate of drug-likeness (QED) is 0.756. The van der Waals surface area contributed by atoms with E-state index in [0.29, 0.717) is 5.92 Å². The zero-order valence-electron chi connectivity index (χ0n) is 15.0. The number of hydrogen-bond donors (Lipinski definition) is 2. The first kappa shape index (κ1) is 16.6. The van der Waals surface area contributed by atoms with E-state index < -0.39 is 0 Å². The Morgan fingerprint density at radius 1 is 1.19 bits per heavy atom. The molecule has 3 heterocycles. The Bertz CT molecular complexity index is 872. The molecule has 5 nitrogen and oxygen atoms in total. The number of carbonyl (C=O) groups excluding carboxylic acids is 1. The van der Waals surface area contributed by atoms with E-state index in [2.05, 4.69) is 34.2 Å². The van der Waals surface area contributed by atoms with Crippen molar-refractivity contribution in [2.24, 2.45) is 0 Å². The molecule has 26 heavy (non-hydrogen) atoms. The van der Waals surface area contributed by atoms with E-state index in [9.17, 15) is 4.79 Å². The molecule has 2 aromatic heterocycles. The van der Waals surface area contributed by atoms with Crippen molar-refractivity contribution >= 4 is 5.91 Å². The number of nitrogens with one attached hydrogen (secondary N) is 2. The van der Waals surface area contributed by atoms with Gasteiger partial charge < -0.3 is 9.88 Å². The second-order valence-corrected chi connectivity index (χ2v) is 7.07. The predicted molar refractivity (Wildman–Crippen MR) is 101 cm³/mol. The first-order chi connectivity index (χ1) is 12.7. The lowest BCUT2D eigenvalue weighted by molar-refractivity contribution is 0.0712. The van der Waals surface area contributed by atoms with E-state index in [4.69, 9.17) is 0 Å². The number of benzene rings is 1. The topological polar surface area (TPSA) is 64.8 Å². The smallest absolute Gasteiger partial charge is 0.255 e. The van der Waals surface area contributed by atoms with Crippen molar-refractivity contribution in [3.8, 4) is 0 Å². The number of rotatable bonds is 4. The van der Waals surface area contributed by atoms with Crippen LogP contribution in [-0.4, -0.2) is 39.1 Å². The molecule has 1 saturated heterocycles. The molecule has 1 amide bonds. The monoisotopic (exact) mass is 348 g/mol. The zero-order chi connectivity index (χ0) is 17.9. The van der Waals surface area contributed by atoms with Crippen LogP contribution in [0.3, 0.4) is 0 Å². The number of aryl methyl sites for hydroxylation is 1. The number of amides is 1. The fourth-order valence-corrected chi connectivity index (χ4v) is 3.89. The third-order valence-corrected chi connectivity index (χ3v) is 5.39. The molecule has 0 saturated carbocycles. The third-order valence-electron chi connectivity index (χ3n) is 5.39. The minimum atomic E-state index is 0.138. The van der Waals surface area contributed by atoms with Crippen LogP contribution in [0.2, 0.25) is 0 Å². The second-order valence-electron chi connectivity index (χ2n) is 7.07. The van der Waals surface area contributed by atoms with E-state index in [1.54, 1.807) is 0 Å². The Labute approximate surface area is 153 Å². The number of piperidine rings is 1. The number of aromatic nitrogens is 3. The lowest BCUT2D eigenvalue weighted by atomic mass is 9.89. The van der Waals surface area contributed by atoms with Crippen molar-refractivity contribution in [1.29, 1.82) is 0 Å². The first-order valence-corrected chi connectivity index (χ1v) is 9.21. The maximum Gasteiger partial charge on any atom is 0.255 e. The molecule has 0 spiro atoms. The number of H-pyrrole nitrogens is 2. The van der Waals surface area contributed by atoms with Gasteiger partial charge in [-0.25, -0.2) is 0 Å². The summed E-state index contributed by atoms with van der Waals surface area (Å²) in [5.41, 5.74) is 5.52. The van der Waals surface area contributed by atoms with E-state index >= 15 is 0 Å². The largest absolute Gasteiger partial charge is 0.367 e. The van der Waals surface area contributed by atoms with Crippen LogP contribution in [0.5, 0.6) is 0 Å². The summed E-state index contributed by atoms with van der Waals surface area (Å²) in [6.45, 7) is 3.66. The van der Waals surface area contributed by atoms with Crippen LogP contribution in [0, 0.1) is 6.92 Å². The highest BCUT2D eigenvalue weighted by molar-refractivity contribution is 5.95. The van der Waals surface area contributed by atoms with Crippen LogP contribution in [0.25, 0.3) is 0 Å². The van der Waals surface area contributed by atoms with E-state index in [1.165, 1.54) is 11.1 Å². The summed E-state index contributed by atoms with van der Waals surface area (Å²) >= 11 is 0. The van der Waals surface area contributed by atoms with Gasteiger partial charge in [-0.3, -0.25) is 9.89 Å². The van der Waals surface area contributed by atoms with Crippen LogP contribution in [-0.2, 0) is 6.42 Å². The van der Waals surface area contributed by atoms with Crippen molar-refractivity contribution in [2.45, 2.75) is 32.1 Å². The Morgan fingerprint density at radius 2 is 1.96 bits per heavy atom. The number of carbonyl (C=O) groups is 1. The van der Waals surface area contributed by atoms with E-state index in [-0.39, 0.29) is 5.91 Å². The lowest BCUT2D eigenvalue weighted by Gasteiger charge is -2.32. The summed E-state index contributed by atoms with van der Waals surface area (Å²) < 4.78 is 0. The number of nitrogens with zero attached hydrogens (tertiary/aromatic N) is 2. The molecule has 0 radical (unpaired) electrons. The number of hydrogen-bond acceptors (Lipinski definition) is 2. The standard InChI is InChI=1S/C21H24N4O/c1-15-19(14-23-24-15)17-7-9-25(10-8-17)21(26)20-13-22-12-18(20)11-16-5-3-2-4-6-16/h2-6,12-14,17,22H,7-11H2,1H3,(H,23,24). The second kappa shape index (κ2) is 7.20. The van der Waals surface area contributed by atoms with Crippen LogP contribution < -0.4 is 0 Å². The normalized spacial score (nSPS) is 15.3. The summed E-state index contributed by atoms with van der Waals surface area (Å²) in [7, 11) is 0. The van der Waals surface area contributed by atoms with E-state index in [1.807, 2.05) is 41.7 Å². The van der Waals surface area contributed by atoms with Crippen molar-refractivity contribution in [2.75, 3.05) is 13.1 Å². The third kappa shape index (κ3) is 3.29. The minimum Gasteiger partial charge on any atom is -0.367 e. The van der Waals surface area contributed by atoms with Crippen LogP contribution in [0.1, 0.15) is 51.5 Å². The first-order valence-electron chi connectivity index (χ1n) is 9.21. The molecular weight excluding hydrogens is 324 g/mol. The maximum atomic E-state index is 13.0. The van der Waals surface area contributed by atoms with Crippen LogP contribution in [0.4, 0.5) is 0 Å². The molecule has 1 fully saturated rings. The molecule has 1 aliphatic rings. The Hall–Kier alpha value is -2.82. The molecule has 1 aliphatic heterocycles. The summed E-state index contributed by atoms with van der Waals surface area (Å²) in [6.07, 6.45) is 8.47. The number of aromatic amines is 2. The zero-order valence-corrected chi connectivity index (χ0v) is 15.0. The van der Waals surface area contributed by atoms with Crippen molar-refractivity contribution in [3.63, 3.8) is 0 Å². The fourth-order valence-electron chi connectivity index (χ4n) is 3.89. The van der Waals surface area contributed by atoms with Crippen molar-refractivity contribution in [3.05, 3.63) is 76.9 Å². The van der Waals surface area contributed by atoms with Crippen molar-refractivity contribution < 1.29 is 4.79 Å². The van der Waals surface area contributed by atoms with Crippen molar-refractivity contribution in [1.82, 2.24) is 20.1 Å². The summed E-state index contributed by atoms with van der Waals surface area (Å²) in [5, 5.41) is 7.15. The molecular formula is C21H24N4O. The average molecular weight is 348 g/mol. The fraction of sp³-hybridized carbons (Fsp3) is 0.333. The Balaban J connectivity index is 1.43. The van der Waals surface area contributed by atoms with Gasteiger partial charge in [-0.05, 0) is 48.8 Å². The number of likely N-dealkylation sites (tertiary alicyclic amines) is 1. The highest BCUT2D eigenvalue weighted by Crippen LogP contribution is 2.30. The van der Waals surface area contributed by atoms with Gasteiger partial charge in [0.1, 0.15) is 0 Å². The molecule has 0 bridgehead atoms. The van der Waals surface area contributed by atoms with Gasteiger partial charge in [-0.2, -0.15) is 5.10 Å². The molecule has 1 aromatic carbocycles. The molecule has 134 valence electrons. The summed E-state index contributed by atoms with van der Waals surface area (Å²) in [6, 6.07) is 10.3. The molecule has 5 heteroatoms. The highest BCUT2D eigenvalue weighted by Gasteiger charge is 2.27. The summed E-state index contributed by atoms with van der Waals surface area (Å²) in [4.78, 5) is 18.1. The molecule has 0 unspecified atom stereocenters. The van der Waals surface area contributed by atoms with Crippen LogP contribution >= 0.6 is 0 Å². The van der Waals surface area contributed by atoms with Gasteiger partial charge in [0.15, 0.2) is 0 Å². The maximum absolute atomic E-state index is 13.0. The van der Waals surface area contributed by atoms with Gasteiger partial charge in [0.2, 0.25) is 0 Å². The van der Waals surface area contributed by atoms with Gasteiger partial charge in [-0.15, -0.1) is 0 Å². The van der Waals surface area contributed by atoms with Gasteiger partial charge in [0.25, 0.3) is 5.91 Å². The van der Waals surface area contributed by atoms with Gasteiger partial charge in [0.05, 0.1) is 11.8 Å². The Morgan fingerprint density at radius 3 is 2.65 bits per heavy atom. The molecule has 2 N–H and O–H groups in total. The SMILES string of the molecule is Cc1[nH]ncc1C1CCN(C(=O)c2c[nH]cc2Cc2ccccc2)CC1. The molecule has 3 aromatic rings. The Kier molecular flexibility index (Phi) is 4.61. The van der Waals surface area contributed by atoms with Gasteiger partial charge in [-0.1, -0.05) is 30.3 Å². The highest BCUT2D eigenvalue weighted by atomic mass is 16.2. The molecule has 0 aliphatic carbocycles. The van der Waals surface area contributed by atoms with E-state index in [0.717, 1.165) is 49.2 Å². The lowest BCUT2D eigenvalue weighted by Crippen LogP contribution is -2.38.